The van der Waals surface area contributed by atoms with Crippen molar-refractivity contribution in [2.24, 2.45) is 0 Å². The summed E-state index contributed by atoms with van der Waals surface area (Å²) in [4.78, 5) is 0. The van der Waals surface area contributed by atoms with Gasteiger partial charge in [-0.25, -0.2) is 0 Å². The third kappa shape index (κ3) is 1.00. The van der Waals surface area contributed by atoms with Gasteiger partial charge in [-0.3, -0.25) is 0 Å². The van der Waals surface area contributed by atoms with E-state index in [2.05, 4.69) is 39.1 Å². The smallest absolute Gasteiger partial charge is 0.0658 e. The van der Waals surface area contributed by atoms with E-state index in [0.29, 0.717) is 0 Å². The molecule has 0 radical (unpaired) electrons. The van der Waals surface area contributed by atoms with Crippen molar-refractivity contribution in [2.45, 2.75) is 46.2 Å². The zero-order valence-corrected chi connectivity index (χ0v) is 11.8. The van der Waals surface area contributed by atoms with Gasteiger partial charge in [0.05, 0.1) is 0 Å². The van der Waals surface area contributed by atoms with Crippen LogP contribution in [0.15, 0.2) is 17.7 Å². The molecular weight excluding hydrogens is 208 g/mol. The van der Waals surface area contributed by atoms with Crippen LogP contribution in [0.25, 0.3) is 5.20 Å². The molecule has 0 saturated heterocycles. The summed E-state index contributed by atoms with van der Waals surface area (Å²) in [5, 5.41) is 3.52. The van der Waals surface area contributed by atoms with E-state index < -0.39 is 8.07 Å². The molecule has 0 aromatic heterocycles. The summed E-state index contributed by atoms with van der Waals surface area (Å²) in [7, 11) is -1.31. The molecule has 1 heteroatoms. The number of fused-ring (bicyclic) bond motifs is 1. The van der Waals surface area contributed by atoms with Crippen molar-refractivity contribution in [3.8, 4) is 0 Å². The molecule has 1 aromatic rings. The van der Waals surface area contributed by atoms with Crippen molar-refractivity contribution in [2.75, 3.05) is 0 Å². The van der Waals surface area contributed by atoms with Crippen LogP contribution in [0.5, 0.6) is 0 Å². The Bertz CT molecular complexity index is 506. The molecule has 0 saturated carbocycles. The third-order valence-electron chi connectivity index (χ3n) is 4.49. The monoisotopic (exact) mass is 228 g/mol. The molecule has 1 aliphatic carbocycles. The second kappa shape index (κ2) is 3.10. The molecule has 2 aliphatic rings. The van der Waals surface area contributed by atoms with Crippen LogP contribution in [-0.4, -0.2) is 8.07 Å². The highest BCUT2D eigenvalue weighted by Gasteiger charge is 2.44. The molecule has 0 amide bonds. The van der Waals surface area contributed by atoms with E-state index in [1.54, 1.807) is 27.5 Å². The minimum atomic E-state index is -1.31. The standard InChI is InChI=1S/C15H20Si/c1-5-10-9-11-7-8-13-12(6-2)14(11)15(10)16(13,3)4/h7-8H,5-6,9H2,1-4H3. The number of allylic oxidation sites excluding steroid dienone is 1. The van der Waals surface area contributed by atoms with Crippen LogP contribution in [0, 0.1) is 0 Å². The van der Waals surface area contributed by atoms with Crippen LogP contribution in [0.1, 0.15) is 37.0 Å². The van der Waals surface area contributed by atoms with Crippen LogP contribution in [-0.2, 0) is 12.8 Å². The minimum Gasteiger partial charge on any atom is -0.0658 e. The Labute approximate surface area is 99.4 Å². The van der Waals surface area contributed by atoms with Gasteiger partial charge in [-0.15, -0.1) is 0 Å². The first-order valence-corrected chi connectivity index (χ1v) is 9.49. The van der Waals surface area contributed by atoms with Crippen molar-refractivity contribution in [1.82, 2.24) is 0 Å². The van der Waals surface area contributed by atoms with Gasteiger partial charge in [-0.05, 0) is 41.1 Å². The van der Waals surface area contributed by atoms with Crippen molar-refractivity contribution >= 4 is 18.5 Å². The lowest BCUT2D eigenvalue weighted by atomic mass is 10.0. The Balaban J connectivity index is 2.37. The van der Waals surface area contributed by atoms with Gasteiger partial charge in [0.1, 0.15) is 8.07 Å². The van der Waals surface area contributed by atoms with Crippen LogP contribution < -0.4 is 5.19 Å². The average Bonchev–Trinajstić information content (AvgIpc) is 2.71. The molecule has 3 rings (SSSR count). The summed E-state index contributed by atoms with van der Waals surface area (Å²) in [6.45, 7) is 9.71. The van der Waals surface area contributed by atoms with E-state index in [1.165, 1.54) is 19.3 Å². The predicted molar refractivity (Wildman–Crippen MR) is 73.9 cm³/mol. The maximum atomic E-state index is 2.54. The normalized spacial score (nSPS) is 19.8. The molecule has 0 unspecified atom stereocenters. The summed E-state index contributed by atoms with van der Waals surface area (Å²) >= 11 is 0. The van der Waals surface area contributed by atoms with Crippen LogP contribution in [0.2, 0.25) is 13.1 Å². The lowest BCUT2D eigenvalue weighted by molar-refractivity contribution is 1.03. The molecule has 1 aromatic carbocycles. The highest BCUT2D eigenvalue weighted by Crippen LogP contribution is 2.46. The van der Waals surface area contributed by atoms with Gasteiger partial charge < -0.3 is 0 Å². The fourth-order valence-corrected chi connectivity index (χ4v) is 7.70. The van der Waals surface area contributed by atoms with Gasteiger partial charge in [0.25, 0.3) is 0 Å². The first-order valence-electron chi connectivity index (χ1n) is 6.49. The van der Waals surface area contributed by atoms with E-state index in [0.717, 1.165) is 0 Å². The van der Waals surface area contributed by atoms with E-state index in [1.807, 2.05) is 5.20 Å². The highest BCUT2D eigenvalue weighted by atomic mass is 28.3. The molecule has 16 heavy (non-hydrogen) atoms. The van der Waals surface area contributed by atoms with Crippen molar-refractivity contribution < 1.29 is 0 Å². The number of hydrogen-bond donors (Lipinski definition) is 0. The average molecular weight is 228 g/mol. The van der Waals surface area contributed by atoms with E-state index in [4.69, 9.17) is 0 Å². The third-order valence-corrected chi connectivity index (χ3v) is 8.15. The summed E-state index contributed by atoms with van der Waals surface area (Å²) in [6, 6.07) is 4.83. The summed E-state index contributed by atoms with van der Waals surface area (Å²) in [6.07, 6.45) is 3.71. The zero-order chi connectivity index (χ0) is 11.5. The number of benzene rings is 1. The van der Waals surface area contributed by atoms with E-state index >= 15 is 0 Å². The number of rotatable bonds is 2. The van der Waals surface area contributed by atoms with Gasteiger partial charge in [0, 0.05) is 0 Å². The molecule has 0 spiro atoms. The van der Waals surface area contributed by atoms with Crippen molar-refractivity contribution in [1.29, 1.82) is 0 Å². The second-order valence-electron chi connectivity index (χ2n) is 5.61. The maximum Gasteiger partial charge on any atom is 0.113 e. The SMILES string of the molecule is CCC1=C2c3c(ccc(c3CC)[Si]2(C)C)C1. The zero-order valence-electron chi connectivity index (χ0n) is 10.8. The minimum absolute atomic E-state index is 1.22. The maximum absolute atomic E-state index is 2.54. The van der Waals surface area contributed by atoms with Gasteiger partial charge in [0.2, 0.25) is 0 Å². The van der Waals surface area contributed by atoms with Crippen LogP contribution in [0.3, 0.4) is 0 Å². The van der Waals surface area contributed by atoms with Crippen molar-refractivity contribution in [3.05, 3.63) is 34.4 Å². The van der Waals surface area contributed by atoms with Crippen LogP contribution >= 0.6 is 0 Å². The van der Waals surface area contributed by atoms with Gasteiger partial charge in [-0.1, -0.05) is 49.8 Å². The molecule has 0 N–H and O–H groups in total. The molecular formula is C15H20Si. The van der Waals surface area contributed by atoms with E-state index in [-0.39, 0.29) is 0 Å². The Morgan fingerprint density at radius 1 is 1.12 bits per heavy atom. The lowest BCUT2D eigenvalue weighted by Gasteiger charge is -2.21. The molecule has 0 atom stereocenters. The largest absolute Gasteiger partial charge is 0.113 e. The Kier molecular flexibility index (Phi) is 2.00. The topological polar surface area (TPSA) is 0 Å². The first-order chi connectivity index (χ1) is 7.61. The van der Waals surface area contributed by atoms with Gasteiger partial charge in [-0.2, -0.15) is 0 Å². The Morgan fingerprint density at radius 2 is 1.88 bits per heavy atom. The van der Waals surface area contributed by atoms with Crippen LogP contribution in [0.4, 0.5) is 0 Å². The quantitative estimate of drug-likeness (QED) is 0.680. The summed E-state index contributed by atoms with van der Waals surface area (Å²) < 4.78 is 0. The van der Waals surface area contributed by atoms with Gasteiger partial charge in [0.15, 0.2) is 0 Å². The Morgan fingerprint density at radius 3 is 2.50 bits per heavy atom. The van der Waals surface area contributed by atoms with Crippen molar-refractivity contribution in [3.63, 3.8) is 0 Å². The molecule has 1 aliphatic heterocycles. The fraction of sp³-hybridized carbons (Fsp3) is 0.467. The van der Waals surface area contributed by atoms with Gasteiger partial charge >= 0.3 is 0 Å². The fourth-order valence-electron chi connectivity index (χ4n) is 3.79. The number of hydrogen-bond acceptors (Lipinski definition) is 0. The second-order valence-corrected chi connectivity index (χ2v) is 9.90. The van der Waals surface area contributed by atoms with E-state index in [9.17, 15) is 0 Å². The highest BCUT2D eigenvalue weighted by molar-refractivity contribution is 7.06. The molecule has 84 valence electrons. The molecule has 0 fully saturated rings. The molecule has 1 heterocycles. The molecule has 0 nitrogen and oxygen atoms in total. The Hall–Kier alpha value is -0.823. The summed E-state index contributed by atoms with van der Waals surface area (Å²) in [5.41, 5.74) is 6.73. The summed E-state index contributed by atoms with van der Waals surface area (Å²) in [5.74, 6) is 0. The molecule has 2 bridgehead atoms. The predicted octanol–water partition coefficient (Wildman–Crippen LogP) is 3.44. The first kappa shape index (κ1) is 10.3. The lowest BCUT2D eigenvalue weighted by Crippen LogP contribution is -2.40.